The van der Waals surface area contributed by atoms with E-state index in [1.54, 1.807) is 0 Å². The van der Waals surface area contributed by atoms with E-state index in [1.165, 1.54) is 0 Å². The topological polar surface area (TPSA) is 32.8 Å². The molecule has 4 nitrogen and oxygen atoms in total. The zero-order chi connectivity index (χ0) is 15.0. The van der Waals surface area contributed by atoms with Gasteiger partial charge >= 0.3 is 0 Å². The zero-order valence-electron chi connectivity index (χ0n) is 13.7. The lowest BCUT2D eigenvalue weighted by Gasteiger charge is -2.49. The molecule has 0 N–H and O–H groups in total. The number of likely N-dealkylation sites (tertiary alicyclic amines) is 1. The third kappa shape index (κ3) is 3.53. The van der Waals surface area contributed by atoms with E-state index in [-0.39, 0.29) is 17.6 Å². The molecule has 0 aliphatic carbocycles. The van der Waals surface area contributed by atoms with Gasteiger partial charge in [0.15, 0.2) is 0 Å². The van der Waals surface area contributed by atoms with E-state index >= 15 is 0 Å². The third-order valence-electron chi connectivity index (χ3n) is 4.41. The number of likely N-dealkylation sites (N-methyl/N-ethyl adjacent to an activating group) is 1. The Labute approximate surface area is 123 Å². The van der Waals surface area contributed by atoms with Crippen LogP contribution in [0.15, 0.2) is 0 Å². The maximum absolute atomic E-state index is 12.0. The van der Waals surface area contributed by atoms with Gasteiger partial charge in [0.05, 0.1) is 5.60 Å². The lowest BCUT2D eigenvalue weighted by molar-refractivity contribution is -0.189. The van der Waals surface area contributed by atoms with E-state index in [0.29, 0.717) is 5.41 Å². The van der Waals surface area contributed by atoms with Crippen molar-refractivity contribution in [3.8, 4) is 0 Å². The Bertz CT molecular complexity index is 354. The van der Waals surface area contributed by atoms with E-state index in [4.69, 9.17) is 4.74 Å². The van der Waals surface area contributed by atoms with Crippen molar-refractivity contribution < 1.29 is 9.53 Å². The van der Waals surface area contributed by atoms with Crippen LogP contribution in [0.4, 0.5) is 0 Å². The average molecular weight is 282 g/mol. The number of ether oxygens (including phenoxy) is 1. The van der Waals surface area contributed by atoms with E-state index in [9.17, 15) is 4.79 Å². The number of rotatable bonds is 2. The van der Waals surface area contributed by atoms with Crippen LogP contribution in [0, 0.1) is 5.41 Å². The van der Waals surface area contributed by atoms with Crippen molar-refractivity contribution in [3.05, 3.63) is 0 Å². The summed E-state index contributed by atoms with van der Waals surface area (Å²) in [5, 5.41) is 0. The summed E-state index contributed by atoms with van der Waals surface area (Å²) in [5.41, 5.74) is 0.244. The first kappa shape index (κ1) is 15.8. The molecule has 20 heavy (non-hydrogen) atoms. The highest BCUT2D eigenvalue weighted by Gasteiger charge is 2.44. The predicted octanol–water partition coefficient (Wildman–Crippen LogP) is 2.13. The number of morpholine rings is 1. The molecule has 0 bridgehead atoms. The molecule has 2 heterocycles. The Kier molecular flexibility index (Phi) is 4.45. The van der Waals surface area contributed by atoms with Crippen LogP contribution in [0.5, 0.6) is 0 Å². The molecule has 0 unspecified atom stereocenters. The predicted molar refractivity (Wildman–Crippen MR) is 80.7 cm³/mol. The summed E-state index contributed by atoms with van der Waals surface area (Å²) in [6.45, 7) is 15.7. The smallest absolute Gasteiger partial charge is 0.251 e. The molecule has 2 aliphatic rings. The van der Waals surface area contributed by atoms with Gasteiger partial charge in [0.2, 0.25) is 0 Å². The number of hydrogen-bond acceptors (Lipinski definition) is 3. The summed E-state index contributed by atoms with van der Waals surface area (Å²) >= 11 is 0. The molecule has 2 rings (SSSR count). The molecular formula is C16H30N2O2. The fourth-order valence-corrected chi connectivity index (χ4v) is 3.48. The molecule has 2 saturated heterocycles. The van der Waals surface area contributed by atoms with Crippen molar-refractivity contribution >= 4 is 5.91 Å². The first-order valence-corrected chi connectivity index (χ1v) is 7.94. The number of amides is 1. The van der Waals surface area contributed by atoms with Gasteiger partial charge in [-0.3, -0.25) is 4.79 Å². The van der Waals surface area contributed by atoms with Crippen LogP contribution in [0.25, 0.3) is 0 Å². The quantitative estimate of drug-likeness (QED) is 0.778. The van der Waals surface area contributed by atoms with Crippen LogP contribution in [0.3, 0.4) is 0 Å². The number of carbonyl (C=O) groups is 1. The maximum atomic E-state index is 12.0. The van der Waals surface area contributed by atoms with Crippen molar-refractivity contribution in [2.24, 2.45) is 5.41 Å². The molecule has 1 atom stereocenters. The molecule has 0 saturated carbocycles. The Morgan fingerprint density at radius 1 is 1.30 bits per heavy atom. The monoisotopic (exact) mass is 282 g/mol. The van der Waals surface area contributed by atoms with Gasteiger partial charge in [0.25, 0.3) is 5.91 Å². The number of nitrogens with zero attached hydrogens (tertiary/aromatic N) is 2. The zero-order valence-corrected chi connectivity index (χ0v) is 13.7. The summed E-state index contributed by atoms with van der Waals surface area (Å²) in [4.78, 5) is 16.5. The van der Waals surface area contributed by atoms with Crippen molar-refractivity contribution in [2.75, 3.05) is 32.7 Å². The molecule has 0 aromatic heterocycles. The molecular weight excluding hydrogens is 252 g/mol. The second-order valence-corrected chi connectivity index (χ2v) is 7.63. The third-order valence-corrected chi connectivity index (χ3v) is 4.41. The fourth-order valence-electron chi connectivity index (χ4n) is 3.48. The normalized spacial score (nSPS) is 28.1. The molecule has 1 spiro atoms. The SMILES string of the molecule is CCN1CC2(CCN(CC(C)(C)C)CC2)O[C@@H](C)C1=O. The van der Waals surface area contributed by atoms with Crippen LogP contribution >= 0.6 is 0 Å². The molecule has 0 aromatic rings. The van der Waals surface area contributed by atoms with Crippen molar-refractivity contribution in [1.82, 2.24) is 9.80 Å². The highest BCUT2D eigenvalue weighted by atomic mass is 16.5. The van der Waals surface area contributed by atoms with Crippen LogP contribution in [0.1, 0.15) is 47.5 Å². The minimum atomic E-state index is -0.280. The minimum absolute atomic E-state index is 0.0995. The van der Waals surface area contributed by atoms with Crippen LogP contribution in [-0.2, 0) is 9.53 Å². The summed E-state index contributed by atoms with van der Waals surface area (Å²) < 4.78 is 6.12. The molecule has 116 valence electrons. The van der Waals surface area contributed by atoms with Crippen LogP contribution < -0.4 is 0 Å². The van der Waals surface area contributed by atoms with Gasteiger partial charge in [0, 0.05) is 32.7 Å². The Hall–Kier alpha value is -0.610. The van der Waals surface area contributed by atoms with Gasteiger partial charge in [-0.2, -0.15) is 0 Å². The van der Waals surface area contributed by atoms with E-state index in [1.807, 2.05) is 11.8 Å². The van der Waals surface area contributed by atoms with Crippen molar-refractivity contribution in [3.63, 3.8) is 0 Å². The molecule has 0 aromatic carbocycles. The van der Waals surface area contributed by atoms with Crippen LogP contribution in [-0.4, -0.2) is 60.1 Å². The Morgan fingerprint density at radius 3 is 2.40 bits per heavy atom. The summed E-state index contributed by atoms with van der Waals surface area (Å²) in [6.07, 6.45) is 1.80. The highest BCUT2D eigenvalue weighted by Crippen LogP contribution is 2.33. The van der Waals surface area contributed by atoms with Crippen molar-refractivity contribution in [1.29, 1.82) is 0 Å². The Morgan fingerprint density at radius 2 is 1.90 bits per heavy atom. The summed E-state index contributed by atoms with van der Waals surface area (Å²) in [7, 11) is 0. The second kappa shape index (κ2) is 5.64. The lowest BCUT2D eigenvalue weighted by Crippen LogP contribution is -2.61. The van der Waals surface area contributed by atoms with Gasteiger partial charge in [0.1, 0.15) is 6.10 Å². The van der Waals surface area contributed by atoms with E-state index < -0.39 is 0 Å². The molecule has 0 radical (unpaired) electrons. The summed E-state index contributed by atoms with van der Waals surface area (Å²) in [6, 6.07) is 0. The van der Waals surface area contributed by atoms with Gasteiger partial charge in [-0.15, -0.1) is 0 Å². The molecule has 2 aliphatic heterocycles. The Balaban J connectivity index is 1.96. The van der Waals surface area contributed by atoms with Crippen molar-refractivity contribution in [2.45, 2.75) is 59.2 Å². The number of hydrogen-bond donors (Lipinski definition) is 0. The minimum Gasteiger partial charge on any atom is -0.360 e. The number of carbonyl (C=O) groups excluding carboxylic acids is 1. The van der Waals surface area contributed by atoms with E-state index in [2.05, 4.69) is 32.6 Å². The van der Waals surface area contributed by atoms with Gasteiger partial charge in [-0.05, 0) is 32.1 Å². The fraction of sp³-hybridized carbons (Fsp3) is 0.938. The lowest BCUT2D eigenvalue weighted by atomic mass is 9.87. The average Bonchev–Trinajstić information content (AvgIpc) is 2.35. The number of piperidine rings is 1. The van der Waals surface area contributed by atoms with Gasteiger partial charge in [-0.1, -0.05) is 20.8 Å². The molecule has 4 heteroatoms. The maximum Gasteiger partial charge on any atom is 0.251 e. The van der Waals surface area contributed by atoms with Crippen LogP contribution in [0.2, 0.25) is 0 Å². The standard InChI is InChI=1S/C16H30N2O2/c1-6-18-12-16(20-13(2)14(18)19)7-9-17(10-8-16)11-15(3,4)5/h13H,6-12H2,1-5H3/t13-/m0/s1. The largest absolute Gasteiger partial charge is 0.360 e. The first-order valence-electron chi connectivity index (χ1n) is 7.94. The first-order chi connectivity index (χ1) is 9.25. The molecule has 2 fully saturated rings. The highest BCUT2D eigenvalue weighted by molar-refractivity contribution is 5.81. The molecule has 1 amide bonds. The second-order valence-electron chi connectivity index (χ2n) is 7.63. The summed E-state index contributed by atoms with van der Waals surface area (Å²) in [5.74, 6) is 0.148. The van der Waals surface area contributed by atoms with Gasteiger partial charge < -0.3 is 14.5 Å². The van der Waals surface area contributed by atoms with E-state index in [0.717, 1.165) is 45.6 Å². The van der Waals surface area contributed by atoms with Gasteiger partial charge in [-0.25, -0.2) is 0 Å².